The monoisotopic (exact) mass is 225 g/mol. The highest BCUT2D eigenvalue weighted by molar-refractivity contribution is 7.80. The van der Waals surface area contributed by atoms with Crippen LogP contribution in [0.4, 0.5) is 0 Å². The van der Waals surface area contributed by atoms with Gasteiger partial charge in [0, 0.05) is 11.8 Å². The average molecular weight is 225 g/mol. The molecule has 0 aliphatic carbocycles. The fraction of sp³-hybridized carbons (Fsp3) is 0.500. The van der Waals surface area contributed by atoms with E-state index in [1.54, 1.807) is 0 Å². The Morgan fingerprint density at radius 3 is 2.67 bits per heavy atom. The molecule has 0 saturated heterocycles. The maximum absolute atomic E-state index is 5.50. The molecule has 1 atom stereocenters. The van der Waals surface area contributed by atoms with Gasteiger partial charge in [0.1, 0.15) is 5.75 Å². The zero-order valence-electron chi connectivity index (χ0n) is 9.58. The van der Waals surface area contributed by atoms with E-state index in [2.05, 4.69) is 37.0 Å². The smallest absolute Gasteiger partial charge is 0.122 e. The molecule has 2 nitrogen and oxygen atoms in total. The van der Waals surface area contributed by atoms with Crippen LogP contribution in [0.1, 0.15) is 24.1 Å². The van der Waals surface area contributed by atoms with Gasteiger partial charge < -0.3 is 10.1 Å². The summed E-state index contributed by atoms with van der Waals surface area (Å²) in [5.74, 6) is 1.76. The molecule has 0 bridgehead atoms. The molecule has 3 heteroatoms. The van der Waals surface area contributed by atoms with Gasteiger partial charge in [-0.15, -0.1) is 0 Å². The fourth-order valence-electron chi connectivity index (χ4n) is 1.57. The lowest BCUT2D eigenvalue weighted by Gasteiger charge is -2.16. The Bertz CT molecular complexity index is 310. The molecule has 0 aliphatic heterocycles. The molecule has 0 heterocycles. The van der Waals surface area contributed by atoms with Crippen LogP contribution >= 0.6 is 12.6 Å². The third-order valence-corrected chi connectivity index (χ3v) is 2.80. The molecule has 0 spiro atoms. The minimum absolute atomic E-state index is 0.308. The van der Waals surface area contributed by atoms with Gasteiger partial charge in [-0.3, -0.25) is 0 Å². The van der Waals surface area contributed by atoms with Gasteiger partial charge in [0.2, 0.25) is 0 Å². The Hall–Kier alpha value is -0.670. The first-order valence-electron chi connectivity index (χ1n) is 5.24. The summed E-state index contributed by atoms with van der Waals surface area (Å²) in [6, 6.07) is 6.59. The van der Waals surface area contributed by atoms with Crippen LogP contribution in [0.5, 0.6) is 5.75 Å². The van der Waals surface area contributed by atoms with Crippen molar-refractivity contribution in [1.29, 1.82) is 0 Å². The number of benzene rings is 1. The van der Waals surface area contributed by atoms with Gasteiger partial charge in [-0.25, -0.2) is 0 Å². The number of hydrogen-bond donors (Lipinski definition) is 2. The van der Waals surface area contributed by atoms with Gasteiger partial charge in [0.05, 0.1) is 6.61 Å². The molecular formula is C12H19NOS. The third kappa shape index (κ3) is 3.14. The van der Waals surface area contributed by atoms with E-state index in [1.807, 2.05) is 20.0 Å². The van der Waals surface area contributed by atoms with E-state index in [0.717, 1.165) is 11.5 Å². The standard InChI is InChI=1S/C12H19NOS/c1-4-14-12-6-5-10(7-9(12)2)11(8-15)13-3/h5-7,11,13,15H,4,8H2,1-3H3. The van der Waals surface area contributed by atoms with E-state index >= 15 is 0 Å². The first-order valence-corrected chi connectivity index (χ1v) is 5.87. The van der Waals surface area contributed by atoms with Crippen molar-refractivity contribution in [1.82, 2.24) is 5.32 Å². The Morgan fingerprint density at radius 1 is 1.47 bits per heavy atom. The summed E-state index contributed by atoms with van der Waals surface area (Å²) < 4.78 is 5.50. The van der Waals surface area contributed by atoms with Gasteiger partial charge in [-0.05, 0) is 38.1 Å². The normalized spacial score (nSPS) is 12.5. The fourth-order valence-corrected chi connectivity index (χ4v) is 1.96. The van der Waals surface area contributed by atoms with E-state index in [0.29, 0.717) is 12.6 Å². The predicted molar refractivity (Wildman–Crippen MR) is 68.0 cm³/mol. The van der Waals surface area contributed by atoms with Crippen LogP contribution in [-0.4, -0.2) is 19.4 Å². The van der Waals surface area contributed by atoms with Gasteiger partial charge in [-0.2, -0.15) is 12.6 Å². The first-order chi connectivity index (χ1) is 7.22. The van der Waals surface area contributed by atoms with Gasteiger partial charge in [0.15, 0.2) is 0 Å². The summed E-state index contributed by atoms with van der Waals surface area (Å²) in [6.45, 7) is 4.78. The largest absolute Gasteiger partial charge is 0.494 e. The van der Waals surface area contributed by atoms with Crippen LogP contribution < -0.4 is 10.1 Å². The van der Waals surface area contributed by atoms with Gasteiger partial charge in [-0.1, -0.05) is 12.1 Å². The Morgan fingerprint density at radius 2 is 2.20 bits per heavy atom. The molecule has 0 aromatic heterocycles. The van der Waals surface area contributed by atoms with E-state index in [9.17, 15) is 0 Å². The molecule has 0 aliphatic rings. The van der Waals surface area contributed by atoms with E-state index < -0.39 is 0 Å². The molecule has 1 aromatic carbocycles. The van der Waals surface area contributed by atoms with Crippen LogP contribution in [0.15, 0.2) is 18.2 Å². The molecule has 1 N–H and O–H groups in total. The van der Waals surface area contributed by atoms with Crippen LogP contribution in [-0.2, 0) is 0 Å². The van der Waals surface area contributed by atoms with E-state index in [4.69, 9.17) is 4.74 Å². The number of nitrogens with one attached hydrogen (secondary N) is 1. The van der Waals surface area contributed by atoms with Crippen molar-refractivity contribution in [3.63, 3.8) is 0 Å². The number of ether oxygens (including phenoxy) is 1. The topological polar surface area (TPSA) is 21.3 Å². The van der Waals surface area contributed by atoms with Crippen molar-refractivity contribution in [2.45, 2.75) is 19.9 Å². The zero-order chi connectivity index (χ0) is 11.3. The summed E-state index contributed by atoms with van der Waals surface area (Å²) in [5, 5.41) is 3.23. The highest BCUT2D eigenvalue weighted by Crippen LogP contribution is 2.23. The van der Waals surface area contributed by atoms with Crippen molar-refractivity contribution in [2.75, 3.05) is 19.4 Å². The maximum atomic E-state index is 5.50. The maximum Gasteiger partial charge on any atom is 0.122 e. The molecule has 15 heavy (non-hydrogen) atoms. The highest BCUT2D eigenvalue weighted by atomic mass is 32.1. The molecule has 1 rings (SSSR count). The molecule has 0 amide bonds. The lowest BCUT2D eigenvalue weighted by Crippen LogP contribution is -2.17. The van der Waals surface area contributed by atoms with Gasteiger partial charge >= 0.3 is 0 Å². The Labute approximate surface area is 97.4 Å². The molecule has 1 aromatic rings. The van der Waals surface area contributed by atoms with Crippen molar-refractivity contribution < 1.29 is 4.74 Å². The second-order valence-corrected chi connectivity index (χ2v) is 3.85. The van der Waals surface area contributed by atoms with E-state index in [1.165, 1.54) is 11.1 Å². The van der Waals surface area contributed by atoms with Crippen LogP contribution in [0, 0.1) is 6.92 Å². The number of rotatable bonds is 5. The summed E-state index contributed by atoms with van der Waals surface area (Å²) in [6.07, 6.45) is 0. The Balaban J connectivity index is 2.89. The zero-order valence-corrected chi connectivity index (χ0v) is 10.5. The summed E-state index contributed by atoms with van der Waals surface area (Å²) in [5.41, 5.74) is 2.44. The first kappa shape index (κ1) is 12.4. The SMILES string of the molecule is CCOc1ccc(C(CS)NC)cc1C. The molecule has 0 fully saturated rings. The lowest BCUT2D eigenvalue weighted by molar-refractivity contribution is 0.337. The third-order valence-electron chi connectivity index (χ3n) is 2.43. The van der Waals surface area contributed by atoms with E-state index in [-0.39, 0.29) is 0 Å². The van der Waals surface area contributed by atoms with Crippen LogP contribution in [0.2, 0.25) is 0 Å². The number of thiol groups is 1. The van der Waals surface area contributed by atoms with Crippen LogP contribution in [0.3, 0.4) is 0 Å². The quantitative estimate of drug-likeness (QED) is 0.752. The van der Waals surface area contributed by atoms with Gasteiger partial charge in [0.25, 0.3) is 0 Å². The second kappa shape index (κ2) is 6.03. The lowest BCUT2D eigenvalue weighted by atomic mass is 10.1. The van der Waals surface area contributed by atoms with Crippen molar-refractivity contribution >= 4 is 12.6 Å². The molecule has 1 unspecified atom stereocenters. The minimum Gasteiger partial charge on any atom is -0.494 e. The Kier molecular flexibility index (Phi) is 4.99. The molecule has 0 saturated carbocycles. The predicted octanol–water partition coefficient (Wildman–Crippen LogP) is 2.58. The molecular weight excluding hydrogens is 206 g/mol. The molecule has 0 radical (unpaired) electrons. The molecule has 84 valence electrons. The number of aryl methyl sites for hydroxylation is 1. The summed E-state index contributed by atoms with van der Waals surface area (Å²) >= 11 is 4.31. The summed E-state index contributed by atoms with van der Waals surface area (Å²) in [4.78, 5) is 0. The van der Waals surface area contributed by atoms with Crippen LogP contribution in [0.25, 0.3) is 0 Å². The summed E-state index contributed by atoms with van der Waals surface area (Å²) in [7, 11) is 1.95. The minimum atomic E-state index is 0.308. The average Bonchev–Trinajstić information content (AvgIpc) is 2.24. The second-order valence-electron chi connectivity index (χ2n) is 3.48. The van der Waals surface area contributed by atoms with Crippen molar-refractivity contribution in [3.05, 3.63) is 29.3 Å². The van der Waals surface area contributed by atoms with Crippen molar-refractivity contribution in [3.8, 4) is 5.75 Å². The number of hydrogen-bond acceptors (Lipinski definition) is 3. The highest BCUT2D eigenvalue weighted by Gasteiger charge is 2.08. The van der Waals surface area contributed by atoms with Crippen molar-refractivity contribution in [2.24, 2.45) is 0 Å².